The summed E-state index contributed by atoms with van der Waals surface area (Å²) >= 11 is 0. The highest BCUT2D eigenvalue weighted by Crippen LogP contribution is 2.88. The summed E-state index contributed by atoms with van der Waals surface area (Å²) in [6.45, 7) is 18.2. The van der Waals surface area contributed by atoms with Crippen LogP contribution in [0.2, 0.25) is 0 Å². The number of nitrogens with two attached hydrogens (primary N) is 1. The lowest BCUT2D eigenvalue weighted by molar-refractivity contribution is -0.147. The second kappa shape index (κ2) is 15.4. The fourth-order valence-electron chi connectivity index (χ4n) is 12.4. The number of ether oxygens (including phenoxy) is 1. The number of nitrogens with zero attached hydrogens (tertiary/aromatic N) is 2. The topological polar surface area (TPSA) is 127 Å². The van der Waals surface area contributed by atoms with Crippen LogP contribution in [0.5, 0.6) is 0 Å². The minimum atomic E-state index is -0.981. The second-order valence-electron chi connectivity index (χ2n) is 20.5. The lowest BCUT2D eigenvalue weighted by atomic mass is 9.73. The zero-order chi connectivity index (χ0) is 38.5. The number of carbonyl (C=O) groups is 5. The Hall–Kier alpha value is -2.13. The zero-order valence-electron chi connectivity index (χ0n) is 34.2. The molecule has 4 aliphatic carbocycles. The molecule has 2 aliphatic heterocycles. The van der Waals surface area contributed by atoms with Crippen LogP contribution in [-0.2, 0) is 28.7 Å². The fraction of sp³-hybridized carbons (Fsp3) is 0.886. The zero-order valence-corrected chi connectivity index (χ0v) is 34.2. The van der Waals surface area contributed by atoms with Crippen LogP contribution in [0.1, 0.15) is 151 Å². The summed E-state index contributed by atoms with van der Waals surface area (Å²) in [5.41, 5.74) is 4.97. The minimum Gasteiger partial charge on any atom is -0.373 e. The van der Waals surface area contributed by atoms with E-state index in [-0.39, 0.29) is 64.7 Å². The molecular formula is C44H71N3O6. The molecule has 6 rings (SSSR count). The van der Waals surface area contributed by atoms with Crippen molar-refractivity contribution in [3.8, 4) is 0 Å². The molecule has 2 saturated heterocycles. The summed E-state index contributed by atoms with van der Waals surface area (Å²) < 4.78 is 6.03. The predicted octanol–water partition coefficient (Wildman–Crippen LogP) is 6.92. The van der Waals surface area contributed by atoms with Gasteiger partial charge in [-0.2, -0.15) is 0 Å². The van der Waals surface area contributed by atoms with Gasteiger partial charge in [0.2, 0.25) is 11.7 Å². The smallest absolute Gasteiger partial charge is 0.285 e. The van der Waals surface area contributed by atoms with Crippen molar-refractivity contribution in [1.82, 2.24) is 9.80 Å². The maximum Gasteiger partial charge on any atom is 0.285 e. The molecule has 53 heavy (non-hydrogen) atoms. The fourth-order valence-corrected chi connectivity index (χ4v) is 12.4. The number of ketones is 3. The van der Waals surface area contributed by atoms with Gasteiger partial charge < -0.3 is 15.4 Å². The van der Waals surface area contributed by atoms with E-state index in [1.54, 1.807) is 0 Å². The Bertz CT molecular complexity index is 1390. The van der Waals surface area contributed by atoms with Crippen LogP contribution in [0.4, 0.5) is 0 Å². The normalized spacial score (nSPS) is 31.8. The molecule has 0 aromatic carbocycles. The molecule has 2 amide bonds. The third-order valence-electron chi connectivity index (χ3n) is 15.9. The average Bonchev–Trinajstić information content (AvgIpc) is 3.25. The molecule has 0 radical (unpaired) electrons. The van der Waals surface area contributed by atoms with Crippen LogP contribution in [0, 0.1) is 51.2 Å². The largest absolute Gasteiger partial charge is 0.373 e. The Morgan fingerprint density at radius 3 is 1.98 bits per heavy atom. The van der Waals surface area contributed by atoms with Gasteiger partial charge in [-0.05, 0) is 73.5 Å². The van der Waals surface area contributed by atoms with Crippen LogP contribution >= 0.6 is 0 Å². The van der Waals surface area contributed by atoms with Gasteiger partial charge in [0.1, 0.15) is 5.78 Å². The van der Waals surface area contributed by atoms with Crippen molar-refractivity contribution in [1.29, 1.82) is 0 Å². The van der Waals surface area contributed by atoms with E-state index < -0.39 is 35.0 Å². The van der Waals surface area contributed by atoms with E-state index in [4.69, 9.17) is 10.5 Å². The third-order valence-corrected chi connectivity index (χ3v) is 15.9. The lowest BCUT2D eigenvalue weighted by Crippen LogP contribution is -2.49. The van der Waals surface area contributed by atoms with Crippen LogP contribution in [0.3, 0.4) is 0 Å². The van der Waals surface area contributed by atoms with Gasteiger partial charge in [0.05, 0.1) is 18.2 Å². The molecule has 2 N–H and O–H groups in total. The summed E-state index contributed by atoms with van der Waals surface area (Å²) in [6.07, 6.45) is 14.5. The number of hydrogen-bond donors (Lipinski definition) is 1. The van der Waals surface area contributed by atoms with Crippen molar-refractivity contribution >= 4 is 29.2 Å². The lowest BCUT2D eigenvalue weighted by Gasteiger charge is -2.40. The van der Waals surface area contributed by atoms with E-state index in [1.165, 1.54) is 19.3 Å². The van der Waals surface area contributed by atoms with Gasteiger partial charge in [-0.25, -0.2) is 0 Å². The first-order valence-electron chi connectivity index (χ1n) is 21.5. The number of primary amides is 1. The number of likely N-dealkylation sites (tertiary alicyclic amines) is 1. The summed E-state index contributed by atoms with van der Waals surface area (Å²) in [7, 11) is 0. The van der Waals surface area contributed by atoms with Gasteiger partial charge >= 0.3 is 0 Å². The van der Waals surface area contributed by atoms with Crippen LogP contribution in [0.25, 0.3) is 0 Å². The molecule has 9 nitrogen and oxygen atoms in total. The molecule has 9 heteroatoms. The number of rotatable bonds is 15. The van der Waals surface area contributed by atoms with Crippen molar-refractivity contribution < 1.29 is 28.7 Å². The molecule has 6 aliphatic rings. The monoisotopic (exact) mass is 738 g/mol. The number of hydrogen-bond acceptors (Lipinski definition) is 7. The Balaban J connectivity index is 1.22. The molecule has 7 atom stereocenters. The van der Waals surface area contributed by atoms with Crippen molar-refractivity contribution in [2.75, 3.05) is 26.2 Å². The first kappa shape index (κ1) is 40.5. The van der Waals surface area contributed by atoms with Crippen LogP contribution in [-0.4, -0.2) is 83.4 Å². The van der Waals surface area contributed by atoms with Gasteiger partial charge in [-0.1, -0.05) is 92.4 Å². The van der Waals surface area contributed by atoms with Gasteiger partial charge in [0.25, 0.3) is 5.91 Å². The van der Waals surface area contributed by atoms with Crippen molar-refractivity contribution in [2.24, 2.45) is 57.0 Å². The summed E-state index contributed by atoms with van der Waals surface area (Å²) in [5.74, 6) is -1.93. The van der Waals surface area contributed by atoms with Crippen LogP contribution in [0.15, 0.2) is 0 Å². The Labute approximate surface area is 319 Å². The van der Waals surface area contributed by atoms with E-state index in [0.717, 1.165) is 71.0 Å². The maximum atomic E-state index is 15.1. The summed E-state index contributed by atoms with van der Waals surface area (Å²) in [6, 6.07) is -0.661. The molecule has 298 valence electrons. The molecule has 0 aromatic heterocycles. The standard InChI is InChI=1S/C44H71N3O6/c1-28-24-46(25-29(2)53-28)26-33(31-15-9-8-10-16-31)20-34(48)22-35(41(3,4)5)40(52)47-27-44(42(6,7)43(44)17-12-18-43)23-36(47)37(49)21-32(38(50)39(45)51)19-30-13-11-14-30/h28-33,35-36H,8-27H2,1-7H3,(H2,45,51)/t28-,29+,32?,33-,35-,36+,44-/m1/s1. The number of amides is 2. The number of fused-ring (bicyclic) bond motifs is 1. The molecule has 4 saturated carbocycles. The van der Waals surface area contributed by atoms with Crippen molar-refractivity contribution in [2.45, 2.75) is 169 Å². The van der Waals surface area contributed by atoms with Gasteiger partial charge in [0, 0.05) is 62.7 Å². The first-order valence-corrected chi connectivity index (χ1v) is 21.5. The van der Waals surface area contributed by atoms with E-state index in [1.807, 2.05) is 4.90 Å². The quantitative estimate of drug-likeness (QED) is 0.181. The number of Topliss-reactive ketones (excluding diaryl/α,β-unsaturated/α-hetero) is 3. The maximum absolute atomic E-state index is 15.1. The molecule has 6 fully saturated rings. The second-order valence-corrected chi connectivity index (χ2v) is 20.5. The van der Waals surface area contributed by atoms with E-state index >= 15 is 4.79 Å². The highest BCUT2D eigenvalue weighted by atomic mass is 16.5. The Morgan fingerprint density at radius 1 is 0.830 bits per heavy atom. The van der Waals surface area contributed by atoms with Gasteiger partial charge in [-0.3, -0.25) is 28.9 Å². The minimum absolute atomic E-state index is 0.00502. The average molecular weight is 738 g/mol. The van der Waals surface area contributed by atoms with E-state index in [9.17, 15) is 19.2 Å². The molecule has 1 unspecified atom stereocenters. The molecule has 0 aromatic rings. The van der Waals surface area contributed by atoms with Gasteiger partial charge in [0.15, 0.2) is 5.78 Å². The molecular weight excluding hydrogens is 666 g/mol. The van der Waals surface area contributed by atoms with Crippen molar-refractivity contribution in [3.63, 3.8) is 0 Å². The summed E-state index contributed by atoms with van der Waals surface area (Å²) in [5, 5.41) is 0. The summed E-state index contributed by atoms with van der Waals surface area (Å²) in [4.78, 5) is 73.4. The molecule has 2 heterocycles. The number of morpholine rings is 1. The third kappa shape index (κ3) is 7.82. The highest BCUT2D eigenvalue weighted by Gasteiger charge is 2.85. The molecule has 0 bridgehead atoms. The molecule has 2 spiro atoms. The van der Waals surface area contributed by atoms with Gasteiger partial charge in [-0.15, -0.1) is 0 Å². The predicted molar refractivity (Wildman–Crippen MR) is 206 cm³/mol. The Morgan fingerprint density at radius 2 is 1.47 bits per heavy atom. The highest BCUT2D eigenvalue weighted by molar-refractivity contribution is 6.36. The van der Waals surface area contributed by atoms with E-state index in [0.29, 0.717) is 37.6 Å². The van der Waals surface area contributed by atoms with Crippen molar-refractivity contribution in [3.05, 3.63) is 0 Å². The first-order chi connectivity index (χ1) is 24.9. The Kier molecular flexibility index (Phi) is 11.8. The SMILES string of the molecule is C[C@@H]1CN(C[C@@H](CC(=O)C[C@H](C(=O)N2C[C@]3(C[C@H]2C(=O)CC(CC2CCC2)C(=O)C(N)=O)C(C)(C)C32CCC2)C(C)(C)C)C2CCCCC2)C[C@H](C)O1. The number of carbonyl (C=O) groups excluding carboxylic acids is 5. The van der Waals surface area contributed by atoms with Crippen LogP contribution < -0.4 is 5.73 Å². The van der Waals surface area contributed by atoms with E-state index in [2.05, 4.69) is 53.4 Å².